The van der Waals surface area contributed by atoms with E-state index in [1.807, 2.05) is 143 Å². The molecular weight excluding hydrogens is 1050 g/mol. The quantitative estimate of drug-likeness (QED) is 0.0801. The number of nitrogens with zero attached hydrogens (tertiary/aromatic N) is 7. The average molecular weight is 1110 g/mol. The number of anilines is 2. The molecule has 2 aliphatic rings. The van der Waals surface area contributed by atoms with Gasteiger partial charge in [-0.1, -0.05) is 97.1 Å². The van der Waals surface area contributed by atoms with Gasteiger partial charge < -0.3 is 30.3 Å². The molecule has 0 atom stereocenters. The molecule has 10 aromatic rings. The third-order valence-corrected chi connectivity index (χ3v) is 14.7. The highest BCUT2D eigenvalue weighted by atomic mass is 35.5. The normalized spacial score (nSPS) is 13.7. The fraction of sp³-hybridized carbons (Fsp3) is 0.233. The van der Waals surface area contributed by atoms with Gasteiger partial charge in [0, 0.05) is 81.8 Å². The van der Waals surface area contributed by atoms with Crippen molar-refractivity contribution in [3.8, 4) is 22.5 Å². The second-order valence-electron chi connectivity index (χ2n) is 19.6. The molecule has 0 spiro atoms. The Hall–Kier alpha value is -9.53. The SMILES string of the molecule is COC(=O)Cl.COC(=O)N1CCC(Cn2nc(C(=O)Nc3ccc(-c4n[nH]c(=O)c5ccccc45)cc3)c3ccccc32)CC1.O=C(Nc1ccc(-c2n[nH]c(=O)c3ccccc23)cc1)c1nn(CC2CCNCC2)c2ccccc12. The van der Waals surface area contributed by atoms with Crippen LogP contribution in [0.5, 0.6) is 0 Å². The number of amides is 3. The number of ether oxygens (including phenoxy) is 2. The van der Waals surface area contributed by atoms with Crippen LogP contribution in [0.4, 0.5) is 21.0 Å². The van der Waals surface area contributed by atoms with Crippen LogP contribution in [0.1, 0.15) is 46.7 Å². The number of fused-ring (bicyclic) bond motifs is 4. The van der Waals surface area contributed by atoms with Crippen molar-refractivity contribution in [3.63, 3.8) is 0 Å². The number of nitrogens with one attached hydrogen (secondary N) is 5. The predicted octanol–water partition coefficient (Wildman–Crippen LogP) is 9.85. The van der Waals surface area contributed by atoms with Gasteiger partial charge in [0.25, 0.3) is 22.9 Å². The summed E-state index contributed by atoms with van der Waals surface area (Å²) < 4.78 is 12.6. The van der Waals surface area contributed by atoms with Gasteiger partial charge in [0.1, 0.15) is 0 Å². The molecule has 0 saturated carbocycles. The van der Waals surface area contributed by atoms with Gasteiger partial charge in [0.05, 0.1) is 47.4 Å². The van der Waals surface area contributed by atoms with Crippen LogP contribution in [0.15, 0.2) is 155 Å². The second kappa shape index (κ2) is 25.1. The molecule has 3 amide bonds. The maximum atomic E-state index is 13.4. The summed E-state index contributed by atoms with van der Waals surface area (Å²) >= 11 is 4.60. The van der Waals surface area contributed by atoms with Gasteiger partial charge in [-0.15, -0.1) is 0 Å². The van der Waals surface area contributed by atoms with E-state index in [1.165, 1.54) is 14.2 Å². The standard InChI is InChI=1S/C30H28N6O4.C28H26N6O2.C2H3ClO2/c1-40-30(39)35-16-14-19(15-17-35)18-36-25-9-5-4-8-24(25)27(34-36)29(38)31-21-12-10-20(11-13-21)26-22-6-2-3-7-23(22)28(37)33-32-26;35-27-22-6-2-1-5-21(22)25(31-32-27)19-9-11-20(12-10-19)30-28(36)26-23-7-3-4-8-24(23)34(33-26)17-18-13-15-29-16-14-18;1-5-2(3)4/h2-13,19H,14-18H2,1H3,(H,31,38)(H,33,37);1-12,18,29H,13-17H2,(H,30,36)(H,32,35);1H3. The van der Waals surface area contributed by atoms with Crippen LogP contribution < -0.4 is 27.1 Å². The summed E-state index contributed by atoms with van der Waals surface area (Å²) in [5, 5.41) is 36.8. The number of piperidine rings is 2. The lowest BCUT2D eigenvalue weighted by Crippen LogP contribution is -2.39. The zero-order valence-corrected chi connectivity index (χ0v) is 45.1. The highest BCUT2D eigenvalue weighted by Crippen LogP contribution is 2.30. The van der Waals surface area contributed by atoms with Gasteiger partial charge in [-0.3, -0.25) is 28.5 Å². The number of hydrogen-bond acceptors (Lipinski definition) is 13. The Balaban J connectivity index is 0.000000169. The minimum absolute atomic E-state index is 0.218. The van der Waals surface area contributed by atoms with E-state index in [4.69, 9.17) is 14.9 Å². The van der Waals surface area contributed by atoms with E-state index in [1.54, 1.807) is 17.0 Å². The van der Waals surface area contributed by atoms with Crippen LogP contribution in [-0.4, -0.2) is 109 Å². The fourth-order valence-electron chi connectivity index (χ4n) is 10.3. The molecule has 12 rings (SSSR count). The van der Waals surface area contributed by atoms with E-state index in [-0.39, 0.29) is 29.0 Å². The highest BCUT2D eigenvalue weighted by molar-refractivity contribution is 6.61. The van der Waals surface area contributed by atoms with Gasteiger partial charge in [-0.05, 0) is 99.1 Å². The molecule has 0 unspecified atom stereocenters. The Morgan fingerprint density at radius 3 is 1.32 bits per heavy atom. The first kappa shape index (κ1) is 54.8. The van der Waals surface area contributed by atoms with Crippen LogP contribution in [0.25, 0.3) is 65.9 Å². The van der Waals surface area contributed by atoms with Crippen molar-refractivity contribution >= 4 is 89.7 Å². The third-order valence-electron chi connectivity index (χ3n) is 14.5. The van der Waals surface area contributed by atoms with Crippen LogP contribution >= 0.6 is 11.6 Å². The van der Waals surface area contributed by atoms with Crippen molar-refractivity contribution in [2.24, 2.45) is 11.8 Å². The smallest absolute Gasteiger partial charge is 0.409 e. The number of para-hydroxylation sites is 2. The second-order valence-corrected chi connectivity index (χ2v) is 19.9. The molecule has 0 bridgehead atoms. The zero-order valence-electron chi connectivity index (χ0n) is 44.4. The van der Waals surface area contributed by atoms with E-state index in [0.29, 0.717) is 76.4 Å². The third kappa shape index (κ3) is 12.5. The molecule has 2 saturated heterocycles. The number of likely N-dealkylation sites (tertiary alicyclic amines) is 1. The Bertz CT molecular complexity index is 4030. The Morgan fingerprint density at radius 1 is 0.531 bits per heavy atom. The summed E-state index contributed by atoms with van der Waals surface area (Å²) in [6.07, 6.45) is 3.62. The van der Waals surface area contributed by atoms with Crippen LogP contribution in [0.3, 0.4) is 0 Å². The minimum Gasteiger partial charge on any atom is -0.457 e. The first-order chi connectivity index (χ1) is 39.5. The summed E-state index contributed by atoms with van der Waals surface area (Å²) in [5.74, 6) is 0.354. The minimum atomic E-state index is -0.773. The molecule has 20 nitrogen and oxygen atoms in total. The molecule has 412 valence electrons. The largest absolute Gasteiger partial charge is 0.457 e. The number of halogens is 1. The monoisotopic (exact) mass is 1110 g/mol. The molecule has 2 aliphatic heterocycles. The molecule has 2 fully saturated rings. The van der Waals surface area contributed by atoms with Crippen molar-refractivity contribution in [2.45, 2.75) is 38.8 Å². The van der Waals surface area contributed by atoms with Crippen molar-refractivity contribution in [2.75, 3.05) is 51.0 Å². The fourth-order valence-corrected chi connectivity index (χ4v) is 10.3. The molecule has 6 heterocycles. The summed E-state index contributed by atoms with van der Waals surface area (Å²) in [4.78, 5) is 73.7. The average Bonchev–Trinajstić information content (AvgIpc) is 4.21. The summed E-state index contributed by atoms with van der Waals surface area (Å²) in [5.41, 5.74) is 5.73. The van der Waals surface area contributed by atoms with Crippen LogP contribution in [0.2, 0.25) is 0 Å². The van der Waals surface area contributed by atoms with Crippen LogP contribution in [0, 0.1) is 11.8 Å². The van der Waals surface area contributed by atoms with Crippen molar-refractivity contribution in [3.05, 3.63) is 178 Å². The van der Waals surface area contributed by atoms with Crippen molar-refractivity contribution in [1.82, 2.24) is 50.2 Å². The number of aromatic nitrogens is 8. The maximum absolute atomic E-state index is 13.4. The lowest BCUT2D eigenvalue weighted by atomic mass is 9.97. The number of carbonyl (C=O) groups is 4. The van der Waals surface area contributed by atoms with Crippen molar-refractivity contribution < 1.29 is 28.7 Å². The zero-order chi connectivity index (χ0) is 56.4. The van der Waals surface area contributed by atoms with Crippen molar-refractivity contribution in [1.29, 1.82) is 0 Å². The number of rotatable bonds is 10. The maximum Gasteiger partial charge on any atom is 0.409 e. The molecule has 5 N–H and O–H groups in total. The number of methoxy groups -OCH3 is 2. The van der Waals surface area contributed by atoms with E-state index >= 15 is 0 Å². The lowest BCUT2D eigenvalue weighted by molar-refractivity contribution is 0.101. The molecule has 0 radical (unpaired) electrons. The molecular formula is C60H57ClN12O8. The van der Waals surface area contributed by atoms with E-state index in [2.05, 4.69) is 52.7 Å². The number of carbonyl (C=O) groups excluding carboxylic acids is 4. The number of hydrogen-bond donors (Lipinski definition) is 5. The van der Waals surface area contributed by atoms with Gasteiger partial charge in [0.15, 0.2) is 11.4 Å². The first-order valence-corrected chi connectivity index (χ1v) is 26.8. The number of aromatic amines is 2. The first-order valence-electron chi connectivity index (χ1n) is 26.4. The Labute approximate surface area is 468 Å². The highest BCUT2D eigenvalue weighted by Gasteiger charge is 2.26. The van der Waals surface area contributed by atoms with E-state index in [9.17, 15) is 28.8 Å². The Kier molecular flexibility index (Phi) is 17.0. The molecule has 6 aromatic carbocycles. The molecule has 21 heteroatoms. The summed E-state index contributed by atoms with van der Waals surface area (Å²) in [6, 6.07) is 45.1. The summed E-state index contributed by atoms with van der Waals surface area (Å²) in [7, 11) is 2.62. The van der Waals surface area contributed by atoms with Crippen LogP contribution in [-0.2, 0) is 22.6 Å². The van der Waals surface area contributed by atoms with Gasteiger partial charge in [-0.25, -0.2) is 19.8 Å². The number of benzene rings is 6. The van der Waals surface area contributed by atoms with Gasteiger partial charge >= 0.3 is 11.5 Å². The lowest BCUT2D eigenvalue weighted by Gasteiger charge is -2.30. The van der Waals surface area contributed by atoms with E-state index in [0.717, 1.165) is 89.0 Å². The van der Waals surface area contributed by atoms with E-state index < -0.39 is 5.43 Å². The topological polar surface area (TPSA) is 253 Å². The molecule has 4 aromatic heterocycles. The molecule has 81 heavy (non-hydrogen) atoms. The summed E-state index contributed by atoms with van der Waals surface area (Å²) in [6.45, 7) is 4.81. The number of H-pyrrole nitrogens is 2. The predicted molar refractivity (Wildman–Crippen MR) is 312 cm³/mol. The Morgan fingerprint density at radius 2 is 0.914 bits per heavy atom. The molecule has 0 aliphatic carbocycles. The van der Waals surface area contributed by atoms with Gasteiger partial charge in [-0.2, -0.15) is 20.4 Å². The van der Waals surface area contributed by atoms with Gasteiger partial charge in [0.2, 0.25) is 0 Å².